The van der Waals surface area contributed by atoms with Crippen LogP contribution in [0.2, 0.25) is 0 Å². The molecule has 0 amide bonds. The number of nitrogens with zero attached hydrogens (tertiary/aromatic N) is 4. The fourth-order valence-corrected chi connectivity index (χ4v) is 6.04. The van der Waals surface area contributed by atoms with E-state index in [4.69, 9.17) is 19.4 Å². The van der Waals surface area contributed by atoms with E-state index >= 15 is 0 Å². The predicted molar refractivity (Wildman–Crippen MR) is 176 cm³/mol. The molecule has 4 bridgehead atoms. The highest BCUT2D eigenvalue weighted by Gasteiger charge is 2.26. The molecule has 44 heavy (non-hydrogen) atoms. The minimum atomic E-state index is 0.214. The van der Waals surface area contributed by atoms with Crippen molar-refractivity contribution in [2.45, 2.75) is 79.2 Å². The molecule has 0 aliphatic carbocycles. The molecule has 0 N–H and O–H groups in total. The van der Waals surface area contributed by atoms with Crippen molar-refractivity contribution in [3.63, 3.8) is 0 Å². The van der Waals surface area contributed by atoms with Gasteiger partial charge in [-0.1, -0.05) is 100 Å². The van der Waals surface area contributed by atoms with Gasteiger partial charge in [-0.05, 0) is 47.2 Å². The molecule has 232 valence electrons. The number of benzene rings is 2. The molecule has 6 heteroatoms. The summed E-state index contributed by atoms with van der Waals surface area (Å²) < 4.78 is 12.7. The summed E-state index contributed by atoms with van der Waals surface area (Å²) in [7, 11) is 0. The van der Waals surface area contributed by atoms with Crippen molar-refractivity contribution in [2.75, 3.05) is 13.2 Å². The second-order valence-corrected chi connectivity index (χ2v) is 12.7. The zero-order valence-electron chi connectivity index (χ0n) is 26.8. The second kappa shape index (κ2) is 16.1. The van der Waals surface area contributed by atoms with Crippen LogP contribution in [0.1, 0.15) is 61.6 Å². The number of pyridine rings is 2. The van der Waals surface area contributed by atoms with E-state index in [0.29, 0.717) is 38.3 Å². The third kappa shape index (κ3) is 9.29. The first-order chi connectivity index (χ1) is 21.4. The van der Waals surface area contributed by atoms with E-state index in [-0.39, 0.29) is 12.1 Å². The molecule has 0 saturated carbocycles. The Bertz CT molecular complexity index is 1310. The molecule has 1 aliphatic heterocycles. The van der Waals surface area contributed by atoms with Gasteiger partial charge in [0, 0.05) is 38.3 Å². The number of rotatable bonds is 6. The van der Waals surface area contributed by atoms with Gasteiger partial charge in [0.25, 0.3) is 0 Å². The average molecular weight is 593 g/mol. The molecule has 0 spiro atoms. The SMILES string of the molecule is CC(C)[C@@H]1COCc2cccc(n2)COC[C@@H](C(C)C)N(Cc2ccccc2)Cc2cccc(n2)CN1Cc1ccccc1. The molecule has 0 radical (unpaired) electrons. The Kier molecular flexibility index (Phi) is 11.7. The van der Waals surface area contributed by atoms with Crippen LogP contribution in [0.4, 0.5) is 0 Å². The normalized spacial score (nSPS) is 19.5. The third-order valence-electron chi connectivity index (χ3n) is 8.47. The van der Waals surface area contributed by atoms with Gasteiger partial charge in [-0.25, -0.2) is 0 Å². The van der Waals surface area contributed by atoms with Crippen LogP contribution >= 0.6 is 0 Å². The lowest BCUT2D eigenvalue weighted by Gasteiger charge is -2.35. The zero-order chi connectivity index (χ0) is 30.7. The van der Waals surface area contributed by atoms with Crippen molar-refractivity contribution in [1.29, 1.82) is 0 Å². The van der Waals surface area contributed by atoms with Crippen molar-refractivity contribution in [2.24, 2.45) is 11.8 Å². The first-order valence-electron chi connectivity index (χ1n) is 16.1. The molecule has 2 aromatic carbocycles. The van der Waals surface area contributed by atoms with Crippen molar-refractivity contribution in [3.05, 3.63) is 131 Å². The van der Waals surface area contributed by atoms with Crippen LogP contribution in [0, 0.1) is 11.8 Å². The summed E-state index contributed by atoms with van der Waals surface area (Å²) in [4.78, 5) is 15.2. The maximum Gasteiger partial charge on any atom is 0.0888 e. The average Bonchev–Trinajstić information content (AvgIpc) is 3.02. The lowest BCUT2D eigenvalue weighted by molar-refractivity contribution is 0.0175. The van der Waals surface area contributed by atoms with Crippen LogP contribution in [0.25, 0.3) is 0 Å². The molecular weight excluding hydrogens is 544 g/mol. The van der Waals surface area contributed by atoms with Gasteiger partial charge in [0.1, 0.15) is 0 Å². The third-order valence-corrected chi connectivity index (χ3v) is 8.47. The van der Waals surface area contributed by atoms with E-state index in [0.717, 1.165) is 49.0 Å². The monoisotopic (exact) mass is 592 g/mol. The van der Waals surface area contributed by atoms with Crippen LogP contribution < -0.4 is 0 Å². The molecule has 5 rings (SSSR count). The van der Waals surface area contributed by atoms with Gasteiger partial charge in [-0.2, -0.15) is 0 Å². The first-order valence-corrected chi connectivity index (χ1v) is 16.1. The molecule has 4 aromatic rings. The Morgan fingerprint density at radius 2 is 0.932 bits per heavy atom. The van der Waals surface area contributed by atoms with Crippen LogP contribution in [-0.4, -0.2) is 45.1 Å². The summed E-state index contributed by atoms with van der Waals surface area (Å²) in [6.45, 7) is 14.5. The summed E-state index contributed by atoms with van der Waals surface area (Å²) in [6.07, 6.45) is 0. The topological polar surface area (TPSA) is 50.7 Å². The van der Waals surface area contributed by atoms with Gasteiger partial charge >= 0.3 is 0 Å². The summed E-state index contributed by atoms with van der Waals surface area (Å²) in [5.41, 5.74) is 6.61. The highest BCUT2D eigenvalue weighted by Crippen LogP contribution is 2.22. The van der Waals surface area contributed by atoms with Crippen LogP contribution in [-0.2, 0) is 48.9 Å². The maximum absolute atomic E-state index is 6.36. The van der Waals surface area contributed by atoms with Gasteiger partial charge in [0.15, 0.2) is 0 Å². The van der Waals surface area contributed by atoms with E-state index in [1.54, 1.807) is 0 Å². The Morgan fingerprint density at radius 3 is 1.34 bits per heavy atom. The fraction of sp³-hybridized carbons (Fsp3) is 0.421. The smallest absolute Gasteiger partial charge is 0.0888 e. The van der Waals surface area contributed by atoms with E-state index in [1.807, 2.05) is 12.1 Å². The highest BCUT2D eigenvalue weighted by molar-refractivity contribution is 5.18. The Labute approximate surface area is 264 Å². The van der Waals surface area contributed by atoms with Gasteiger partial charge in [0.2, 0.25) is 0 Å². The van der Waals surface area contributed by atoms with Crippen molar-refractivity contribution >= 4 is 0 Å². The Balaban J connectivity index is 1.49. The molecule has 0 fully saturated rings. The van der Waals surface area contributed by atoms with Crippen molar-refractivity contribution < 1.29 is 9.47 Å². The summed E-state index contributed by atoms with van der Waals surface area (Å²) >= 11 is 0. The van der Waals surface area contributed by atoms with Gasteiger partial charge in [-0.15, -0.1) is 0 Å². The van der Waals surface area contributed by atoms with E-state index in [1.165, 1.54) is 11.1 Å². The largest absolute Gasteiger partial charge is 0.374 e. The van der Waals surface area contributed by atoms with E-state index in [2.05, 4.69) is 122 Å². The molecular formula is C38H48N4O2. The number of hydrogen-bond donors (Lipinski definition) is 0. The van der Waals surface area contributed by atoms with Crippen LogP contribution in [0.5, 0.6) is 0 Å². The summed E-state index contributed by atoms with van der Waals surface area (Å²) in [5.74, 6) is 0.793. The molecule has 3 heterocycles. The van der Waals surface area contributed by atoms with E-state index < -0.39 is 0 Å². The second-order valence-electron chi connectivity index (χ2n) is 12.7. The first kappa shape index (κ1) is 32.0. The highest BCUT2D eigenvalue weighted by atomic mass is 16.5. The Hall–Kier alpha value is -3.42. The van der Waals surface area contributed by atoms with E-state index in [9.17, 15) is 0 Å². The molecule has 2 aromatic heterocycles. The predicted octanol–water partition coefficient (Wildman–Crippen LogP) is 7.28. The van der Waals surface area contributed by atoms with Crippen molar-refractivity contribution in [3.8, 4) is 0 Å². The standard InChI is InChI=1S/C38H48N4O2/c1-29(2)37-27-43-25-35-19-12-20-36(40-35)26-44-28-38(30(3)4)42(22-32-15-9-6-10-16-32)24-34-18-11-17-33(39-34)23-41(37)21-31-13-7-5-8-14-31/h5-20,29-30,37-38H,21-28H2,1-4H3/t37-,38-/m0/s1. The molecule has 1 aliphatic rings. The minimum Gasteiger partial charge on any atom is -0.374 e. The zero-order valence-corrected chi connectivity index (χ0v) is 26.8. The lowest BCUT2D eigenvalue weighted by atomic mass is 10.0. The summed E-state index contributed by atoms with van der Waals surface area (Å²) in [6, 6.07) is 34.5. The van der Waals surface area contributed by atoms with Crippen LogP contribution in [0.15, 0.2) is 97.1 Å². The molecule has 2 atom stereocenters. The van der Waals surface area contributed by atoms with Gasteiger partial charge in [0.05, 0.1) is 49.2 Å². The fourth-order valence-electron chi connectivity index (χ4n) is 6.04. The van der Waals surface area contributed by atoms with Gasteiger partial charge in [-0.3, -0.25) is 19.8 Å². The Morgan fingerprint density at radius 1 is 0.545 bits per heavy atom. The number of ether oxygens (including phenoxy) is 2. The van der Waals surface area contributed by atoms with Crippen LogP contribution in [0.3, 0.4) is 0 Å². The number of fused-ring (bicyclic) bond motifs is 4. The number of aromatic nitrogens is 2. The minimum absolute atomic E-state index is 0.214. The quantitative estimate of drug-likeness (QED) is 0.235. The molecule has 6 nitrogen and oxygen atoms in total. The van der Waals surface area contributed by atoms with Crippen molar-refractivity contribution in [1.82, 2.24) is 19.8 Å². The van der Waals surface area contributed by atoms with Gasteiger partial charge < -0.3 is 9.47 Å². The molecule has 0 saturated heterocycles. The summed E-state index contributed by atoms with van der Waals surface area (Å²) in [5, 5.41) is 0. The molecule has 0 unspecified atom stereocenters. The maximum atomic E-state index is 6.36. The number of hydrogen-bond acceptors (Lipinski definition) is 6. The lowest BCUT2D eigenvalue weighted by Crippen LogP contribution is -2.42.